The number of aromatic nitrogens is 3. The van der Waals surface area contributed by atoms with E-state index in [4.69, 9.17) is 23.2 Å². The number of amides is 2. The van der Waals surface area contributed by atoms with Crippen LogP contribution in [0.2, 0.25) is 10.0 Å². The Morgan fingerprint density at radius 2 is 1.84 bits per heavy atom. The molecule has 10 heteroatoms. The average Bonchev–Trinajstić information content (AvgIpc) is 3.29. The molecule has 0 unspecified atom stereocenters. The molecule has 31 heavy (non-hydrogen) atoms. The van der Waals surface area contributed by atoms with Crippen molar-refractivity contribution < 1.29 is 9.59 Å². The molecule has 0 atom stereocenters. The van der Waals surface area contributed by atoms with Crippen LogP contribution in [0.1, 0.15) is 12.5 Å². The first-order valence-corrected chi connectivity index (χ1v) is 10.7. The molecule has 0 aliphatic carbocycles. The van der Waals surface area contributed by atoms with Crippen molar-refractivity contribution in [3.05, 3.63) is 69.5 Å². The van der Waals surface area contributed by atoms with Crippen molar-refractivity contribution in [1.82, 2.24) is 14.6 Å². The lowest BCUT2D eigenvalue weighted by molar-refractivity contribution is -0.114. The molecule has 0 saturated carbocycles. The molecule has 2 heterocycles. The summed E-state index contributed by atoms with van der Waals surface area (Å²) in [6.07, 6.45) is 2.99. The van der Waals surface area contributed by atoms with Gasteiger partial charge in [-0.25, -0.2) is 4.52 Å². The molecule has 0 fully saturated rings. The topological polar surface area (TPSA) is 88.4 Å². The minimum Gasteiger partial charge on any atom is -0.326 e. The van der Waals surface area contributed by atoms with Gasteiger partial charge in [-0.3, -0.25) is 14.9 Å². The van der Waals surface area contributed by atoms with E-state index < -0.39 is 0 Å². The van der Waals surface area contributed by atoms with Gasteiger partial charge in [0, 0.05) is 29.6 Å². The van der Waals surface area contributed by atoms with Crippen LogP contribution < -0.4 is 10.6 Å². The van der Waals surface area contributed by atoms with Crippen LogP contribution in [0.5, 0.6) is 0 Å². The van der Waals surface area contributed by atoms with Gasteiger partial charge in [-0.2, -0.15) is 4.98 Å². The minimum atomic E-state index is -0.370. The van der Waals surface area contributed by atoms with Crippen molar-refractivity contribution in [2.24, 2.45) is 0 Å². The molecule has 0 aliphatic heterocycles. The van der Waals surface area contributed by atoms with E-state index in [1.807, 2.05) is 29.6 Å². The smallest absolute Gasteiger partial charge is 0.250 e. The molecule has 0 radical (unpaired) electrons. The molecule has 2 aromatic heterocycles. The minimum absolute atomic E-state index is 0.129. The Morgan fingerprint density at radius 1 is 1.06 bits per heavy atom. The highest BCUT2D eigenvalue weighted by Crippen LogP contribution is 2.27. The standard InChI is InChI=1S/C21H15Cl2N5O2S/c1-12(29)24-15-6-4-14(5-7-15)18-11-31-21-26-20(27-28(18)21)25-19(30)9-3-13-2-8-16(22)17(23)10-13/h2-11H,1H3,(H,24,29)(H,25,27,30)/b9-3+. The van der Waals surface area contributed by atoms with E-state index in [0.29, 0.717) is 20.7 Å². The van der Waals surface area contributed by atoms with Crippen LogP contribution >= 0.6 is 34.5 Å². The van der Waals surface area contributed by atoms with Crippen molar-refractivity contribution in [3.63, 3.8) is 0 Å². The number of benzene rings is 2. The number of halogens is 2. The van der Waals surface area contributed by atoms with Crippen molar-refractivity contribution in [3.8, 4) is 11.3 Å². The number of fused-ring (bicyclic) bond motifs is 1. The normalized spacial score (nSPS) is 11.2. The zero-order valence-corrected chi connectivity index (χ0v) is 18.4. The summed E-state index contributed by atoms with van der Waals surface area (Å²) in [6.45, 7) is 1.46. The summed E-state index contributed by atoms with van der Waals surface area (Å²) in [5, 5.41) is 12.6. The van der Waals surface area contributed by atoms with E-state index in [1.165, 1.54) is 24.3 Å². The summed E-state index contributed by atoms with van der Waals surface area (Å²) < 4.78 is 1.66. The van der Waals surface area contributed by atoms with Crippen LogP contribution in [0, 0.1) is 0 Å². The number of hydrogen-bond acceptors (Lipinski definition) is 5. The molecular formula is C21H15Cl2N5O2S. The fraction of sp³-hybridized carbons (Fsp3) is 0.0476. The molecule has 0 aliphatic rings. The number of rotatable bonds is 5. The van der Waals surface area contributed by atoms with Gasteiger partial charge in [0.05, 0.1) is 15.7 Å². The Hall–Kier alpha value is -3.20. The first kappa shape index (κ1) is 21.0. The maximum atomic E-state index is 12.2. The Labute approximate surface area is 191 Å². The lowest BCUT2D eigenvalue weighted by Gasteiger charge is -2.03. The quantitative estimate of drug-likeness (QED) is 0.382. The number of nitrogens with zero attached hydrogens (tertiary/aromatic N) is 3. The van der Waals surface area contributed by atoms with Crippen molar-refractivity contribution in [1.29, 1.82) is 0 Å². The average molecular weight is 472 g/mol. The summed E-state index contributed by atoms with van der Waals surface area (Å²) in [5.74, 6) is -0.298. The van der Waals surface area contributed by atoms with Crippen LogP contribution in [0.25, 0.3) is 22.3 Å². The summed E-state index contributed by atoms with van der Waals surface area (Å²) in [6, 6.07) is 12.5. The van der Waals surface area contributed by atoms with E-state index in [-0.39, 0.29) is 17.8 Å². The number of anilines is 2. The summed E-state index contributed by atoms with van der Waals surface area (Å²) in [4.78, 5) is 28.4. The molecule has 2 aromatic carbocycles. The summed E-state index contributed by atoms with van der Waals surface area (Å²) in [5.41, 5.74) is 3.19. The fourth-order valence-electron chi connectivity index (χ4n) is 2.80. The molecule has 2 amide bonds. The van der Waals surface area contributed by atoms with Crippen molar-refractivity contribution >= 4 is 69.0 Å². The van der Waals surface area contributed by atoms with Gasteiger partial charge in [0.2, 0.25) is 10.9 Å². The highest BCUT2D eigenvalue weighted by molar-refractivity contribution is 7.15. The zero-order valence-electron chi connectivity index (χ0n) is 16.1. The van der Waals surface area contributed by atoms with Gasteiger partial charge in [-0.15, -0.1) is 16.4 Å². The molecule has 0 spiro atoms. The van der Waals surface area contributed by atoms with Crippen LogP contribution in [0.4, 0.5) is 11.6 Å². The predicted molar refractivity (Wildman–Crippen MR) is 125 cm³/mol. The number of carbonyl (C=O) groups excluding carboxylic acids is 2. The van der Waals surface area contributed by atoms with E-state index >= 15 is 0 Å². The Morgan fingerprint density at radius 3 is 2.55 bits per heavy atom. The second-order valence-corrected chi connectivity index (χ2v) is 8.16. The highest BCUT2D eigenvalue weighted by Gasteiger charge is 2.13. The molecule has 2 N–H and O–H groups in total. The zero-order chi connectivity index (χ0) is 22.0. The van der Waals surface area contributed by atoms with Crippen LogP contribution in [0.3, 0.4) is 0 Å². The highest BCUT2D eigenvalue weighted by atomic mass is 35.5. The van der Waals surface area contributed by atoms with Gasteiger partial charge in [-0.1, -0.05) is 41.4 Å². The first-order valence-electron chi connectivity index (χ1n) is 9.05. The summed E-state index contributed by atoms with van der Waals surface area (Å²) in [7, 11) is 0. The molecule has 0 saturated heterocycles. The second-order valence-electron chi connectivity index (χ2n) is 6.51. The molecule has 7 nitrogen and oxygen atoms in total. The van der Waals surface area contributed by atoms with E-state index in [2.05, 4.69) is 20.7 Å². The van der Waals surface area contributed by atoms with E-state index in [1.54, 1.807) is 28.8 Å². The van der Waals surface area contributed by atoms with Crippen molar-refractivity contribution in [2.75, 3.05) is 10.6 Å². The second kappa shape index (κ2) is 8.89. The maximum absolute atomic E-state index is 12.2. The van der Waals surface area contributed by atoms with Gasteiger partial charge in [0.25, 0.3) is 11.9 Å². The third-order valence-electron chi connectivity index (χ3n) is 4.19. The fourth-order valence-corrected chi connectivity index (χ4v) is 3.94. The monoisotopic (exact) mass is 471 g/mol. The van der Waals surface area contributed by atoms with E-state index in [9.17, 15) is 9.59 Å². The number of thiazole rings is 1. The molecule has 156 valence electrons. The van der Waals surface area contributed by atoms with Crippen molar-refractivity contribution in [2.45, 2.75) is 6.92 Å². The molecular weight excluding hydrogens is 457 g/mol. The van der Waals surface area contributed by atoms with Crippen LogP contribution in [-0.4, -0.2) is 26.4 Å². The predicted octanol–water partition coefficient (Wildman–Crippen LogP) is 5.37. The van der Waals surface area contributed by atoms with Crippen LogP contribution in [0.15, 0.2) is 53.9 Å². The number of carbonyl (C=O) groups is 2. The van der Waals surface area contributed by atoms with Crippen LogP contribution in [-0.2, 0) is 9.59 Å². The Kier molecular flexibility index (Phi) is 6.03. The number of nitrogens with one attached hydrogen (secondary N) is 2. The maximum Gasteiger partial charge on any atom is 0.250 e. The third-order valence-corrected chi connectivity index (χ3v) is 5.74. The lowest BCUT2D eigenvalue weighted by Crippen LogP contribution is -2.09. The molecule has 4 aromatic rings. The Balaban J connectivity index is 1.49. The van der Waals surface area contributed by atoms with Gasteiger partial charge in [-0.05, 0) is 35.9 Å². The summed E-state index contributed by atoms with van der Waals surface area (Å²) >= 11 is 13.3. The lowest BCUT2D eigenvalue weighted by atomic mass is 10.1. The van der Waals surface area contributed by atoms with E-state index in [0.717, 1.165) is 16.8 Å². The number of hydrogen-bond donors (Lipinski definition) is 2. The third kappa shape index (κ3) is 4.93. The van der Waals surface area contributed by atoms with Gasteiger partial charge < -0.3 is 5.32 Å². The van der Waals surface area contributed by atoms with Gasteiger partial charge >= 0.3 is 0 Å². The Bertz CT molecular complexity index is 1310. The first-order chi connectivity index (χ1) is 14.9. The van der Waals surface area contributed by atoms with Gasteiger partial charge in [0.1, 0.15) is 0 Å². The SMILES string of the molecule is CC(=O)Nc1ccc(-c2csc3nc(NC(=O)/C=C/c4ccc(Cl)c(Cl)c4)nn23)cc1. The van der Waals surface area contributed by atoms with Gasteiger partial charge in [0.15, 0.2) is 0 Å². The molecule has 4 rings (SSSR count). The largest absolute Gasteiger partial charge is 0.326 e. The molecule has 0 bridgehead atoms.